The minimum Gasteiger partial charge on any atom is -0.507 e. The summed E-state index contributed by atoms with van der Waals surface area (Å²) in [4.78, 5) is 12.8. The van der Waals surface area contributed by atoms with Crippen LogP contribution in [0, 0.1) is 20.8 Å². The highest BCUT2D eigenvalue weighted by atomic mass is 16.5. The number of para-hydroxylation sites is 1. The van der Waals surface area contributed by atoms with Crippen molar-refractivity contribution in [1.29, 1.82) is 0 Å². The highest BCUT2D eigenvalue weighted by Crippen LogP contribution is 2.43. The van der Waals surface area contributed by atoms with Crippen LogP contribution in [0.2, 0.25) is 0 Å². The lowest BCUT2D eigenvalue weighted by Gasteiger charge is -2.36. The molecule has 3 rings (SSSR count). The molecule has 1 aliphatic heterocycles. The average molecular weight is 325 g/mol. The first kappa shape index (κ1) is 16.4. The first-order valence-electron chi connectivity index (χ1n) is 8.20. The van der Waals surface area contributed by atoms with Crippen LogP contribution in [0.15, 0.2) is 30.3 Å². The van der Waals surface area contributed by atoms with Crippen LogP contribution in [0.1, 0.15) is 35.6 Å². The van der Waals surface area contributed by atoms with Crippen molar-refractivity contribution in [2.75, 3.05) is 5.32 Å². The van der Waals surface area contributed by atoms with Crippen LogP contribution >= 0.6 is 0 Å². The van der Waals surface area contributed by atoms with Gasteiger partial charge in [-0.15, -0.1) is 0 Å². The number of benzene rings is 2. The summed E-state index contributed by atoms with van der Waals surface area (Å²) in [7, 11) is 0. The van der Waals surface area contributed by atoms with Gasteiger partial charge in [0.25, 0.3) is 5.91 Å². The van der Waals surface area contributed by atoms with Crippen LogP contribution in [0.5, 0.6) is 11.5 Å². The molecule has 0 unspecified atom stereocenters. The number of carbonyl (C=O) groups excluding carboxylic acids is 1. The molecule has 0 bridgehead atoms. The number of nitrogens with one attached hydrogen (secondary N) is 1. The van der Waals surface area contributed by atoms with E-state index in [0.29, 0.717) is 18.6 Å². The Balaban J connectivity index is 1.92. The molecule has 1 heterocycles. The fourth-order valence-corrected chi connectivity index (χ4v) is 3.19. The lowest BCUT2D eigenvalue weighted by atomic mass is 9.86. The molecule has 0 saturated heterocycles. The van der Waals surface area contributed by atoms with Crippen LogP contribution in [0.25, 0.3) is 0 Å². The third kappa shape index (κ3) is 2.62. The predicted molar refractivity (Wildman–Crippen MR) is 94.7 cm³/mol. The summed E-state index contributed by atoms with van der Waals surface area (Å²) in [6.07, 6.45) is 1.27. The first-order chi connectivity index (χ1) is 11.3. The molecule has 2 aromatic rings. The molecule has 1 amide bonds. The van der Waals surface area contributed by atoms with Gasteiger partial charge in [-0.2, -0.15) is 0 Å². The van der Waals surface area contributed by atoms with Gasteiger partial charge in [0.1, 0.15) is 11.5 Å². The van der Waals surface area contributed by atoms with Gasteiger partial charge in [0.15, 0.2) is 5.60 Å². The minimum atomic E-state index is -0.927. The molecule has 2 aromatic carbocycles. The van der Waals surface area contributed by atoms with E-state index in [1.165, 1.54) is 0 Å². The van der Waals surface area contributed by atoms with E-state index in [1.807, 2.05) is 58.0 Å². The van der Waals surface area contributed by atoms with Gasteiger partial charge in [0, 0.05) is 17.7 Å². The van der Waals surface area contributed by atoms with Crippen LogP contribution in [-0.4, -0.2) is 16.6 Å². The maximum Gasteiger partial charge on any atom is 0.268 e. The van der Waals surface area contributed by atoms with Crippen LogP contribution in [0.3, 0.4) is 0 Å². The number of phenols is 1. The first-order valence-corrected chi connectivity index (χ1v) is 8.20. The Morgan fingerprint density at radius 3 is 2.46 bits per heavy atom. The van der Waals surface area contributed by atoms with Crippen molar-refractivity contribution in [3.8, 4) is 11.5 Å². The maximum absolute atomic E-state index is 12.8. The molecule has 126 valence electrons. The number of ether oxygens (including phenoxy) is 1. The van der Waals surface area contributed by atoms with Crippen molar-refractivity contribution in [2.24, 2.45) is 0 Å². The zero-order chi connectivity index (χ0) is 17.5. The molecule has 0 aromatic heterocycles. The number of hydrogen-bond acceptors (Lipinski definition) is 3. The van der Waals surface area contributed by atoms with E-state index >= 15 is 0 Å². The molecular weight excluding hydrogens is 302 g/mol. The highest BCUT2D eigenvalue weighted by molar-refractivity contribution is 5.97. The van der Waals surface area contributed by atoms with Gasteiger partial charge in [0.2, 0.25) is 0 Å². The normalized spacial score (nSPS) is 19.3. The van der Waals surface area contributed by atoms with Crippen molar-refractivity contribution in [1.82, 2.24) is 0 Å². The summed E-state index contributed by atoms with van der Waals surface area (Å²) in [6, 6.07) is 9.39. The molecule has 0 radical (unpaired) electrons. The third-order valence-electron chi connectivity index (χ3n) is 5.03. The van der Waals surface area contributed by atoms with Gasteiger partial charge in [-0.25, -0.2) is 0 Å². The largest absolute Gasteiger partial charge is 0.507 e. The molecule has 24 heavy (non-hydrogen) atoms. The van der Waals surface area contributed by atoms with Gasteiger partial charge in [-0.3, -0.25) is 4.79 Å². The van der Waals surface area contributed by atoms with Gasteiger partial charge in [-0.05, 0) is 62.9 Å². The number of hydrogen-bond donors (Lipinski definition) is 2. The number of fused-ring (bicyclic) bond motifs is 1. The summed E-state index contributed by atoms with van der Waals surface area (Å²) in [5, 5.41) is 13.2. The highest BCUT2D eigenvalue weighted by Gasteiger charge is 2.40. The standard InChI is InChI=1S/C20H23NO3/c1-12-13(2)18-16(14(3)17(12)22)10-11-20(4,24-18)19(23)21-15-8-6-5-7-9-15/h5-9,22H,10-11H2,1-4H3,(H,21,23)/t20-/m1/s1. The zero-order valence-electron chi connectivity index (χ0n) is 14.6. The second-order valence-electron chi connectivity index (χ2n) is 6.68. The molecule has 4 heteroatoms. The fraction of sp³-hybridized carbons (Fsp3) is 0.350. The van der Waals surface area contributed by atoms with Crippen molar-refractivity contribution in [3.63, 3.8) is 0 Å². The van der Waals surface area contributed by atoms with E-state index in [2.05, 4.69) is 5.32 Å². The number of amides is 1. The second-order valence-corrected chi connectivity index (χ2v) is 6.68. The summed E-state index contributed by atoms with van der Waals surface area (Å²) in [5.74, 6) is 0.911. The quantitative estimate of drug-likeness (QED) is 0.876. The Morgan fingerprint density at radius 2 is 1.79 bits per heavy atom. The molecule has 4 nitrogen and oxygen atoms in total. The van der Waals surface area contributed by atoms with E-state index in [0.717, 1.165) is 33.7 Å². The van der Waals surface area contributed by atoms with Crippen LogP contribution in [0.4, 0.5) is 5.69 Å². The molecule has 1 atom stereocenters. The topological polar surface area (TPSA) is 58.6 Å². The molecule has 0 aliphatic carbocycles. The Morgan fingerprint density at radius 1 is 1.12 bits per heavy atom. The van der Waals surface area contributed by atoms with Gasteiger partial charge in [-0.1, -0.05) is 18.2 Å². The van der Waals surface area contributed by atoms with Gasteiger partial charge < -0.3 is 15.2 Å². The fourth-order valence-electron chi connectivity index (χ4n) is 3.19. The minimum absolute atomic E-state index is 0.151. The van der Waals surface area contributed by atoms with E-state index in [-0.39, 0.29) is 5.91 Å². The molecule has 0 saturated carbocycles. The van der Waals surface area contributed by atoms with E-state index in [4.69, 9.17) is 4.74 Å². The smallest absolute Gasteiger partial charge is 0.268 e. The van der Waals surface area contributed by atoms with Crippen molar-refractivity contribution < 1.29 is 14.6 Å². The maximum atomic E-state index is 12.8. The Kier molecular flexibility index (Phi) is 3.99. The average Bonchev–Trinajstić information content (AvgIpc) is 2.59. The Labute approximate surface area is 142 Å². The Bertz CT molecular complexity index is 799. The summed E-state index contributed by atoms with van der Waals surface area (Å²) in [6.45, 7) is 7.52. The van der Waals surface area contributed by atoms with Gasteiger partial charge >= 0.3 is 0 Å². The predicted octanol–water partition coefficient (Wildman–Crippen LogP) is 4.04. The monoisotopic (exact) mass is 325 g/mol. The molecule has 1 aliphatic rings. The molecule has 0 fully saturated rings. The number of carbonyl (C=O) groups is 1. The van der Waals surface area contributed by atoms with Crippen LogP contribution in [-0.2, 0) is 11.2 Å². The van der Waals surface area contributed by atoms with Crippen molar-refractivity contribution in [3.05, 3.63) is 52.6 Å². The lowest BCUT2D eigenvalue weighted by Crippen LogP contribution is -2.48. The van der Waals surface area contributed by atoms with Gasteiger partial charge in [0.05, 0.1) is 0 Å². The lowest BCUT2D eigenvalue weighted by molar-refractivity contribution is -0.131. The zero-order valence-corrected chi connectivity index (χ0v) is 14.6. The van der Waals surface area contributed by atoms with Crippen molar-refractivity contribution >= 4 is 11.6 Å². The summed E-state index contributed by atoms with van der Waals surface area (Å²) < 4.78 is 6.18. The van der Waals surface area contributed by atoms with Crippen LogP contribution < -0.4 is 10.1 Å². The van der Waals surface area contributed by atoms with E-state index in [9.17, 15) is 9.90 Å². The third-order valence-corrected chi connectivity index (χ3v) is 5.03. The Hall–Kier alpha value is -2.49. The number of rotatable bonds is 2. The van der Waals surface area contributed by atoms with E-state index in [1.54, 1.807) is 0 Å². The second kappa shape index (κ2) is 5.86. The number of anilines is 1. The molecular formula is C20H23NO3. The van der Waals surface area contributed by atoms with Crippen molar-refractivity contribution in [2.45, 2.75) is 46.1 Å². The number of phenolic OH excluding ortho intramolecular Hbond substituents is 1. The number of aromatic hydroxyl groups is 1. The summed E-state index contributed by atoms with van der Waals surface area (Å²) in [5.41, 5.74) is 3.38. The molecule has 2 N–H and O–H groups in total. The molecule has 0 spiro atoms. The SMILES string of the molecule is Cc1c(C)c2c(c(C)c1O)CC[C@](C)(C(=O)Nc1ccccc1)O2. The summed E-state index contributed by atoms with van der Waals surface area (Å²) >= 11 is 0. The van der Waals surface area contributed by atoms with E-state index < -0.39 is 5.60 Å².